The molecule has 1 aromatic rings. The number of hydrogen-bond donors (Lipinski definition) is 2. The van der Waals surface area contributed by atoms with Crippen molar-refractivity contribution in [3.8, 4) is 0 Å². The maximum Gasteiger partial charge on any atom is 0.243 e. The molecule has 0 atom stereocenters. The Morgan fingerprint density at radius 3 is 2.22 bits per heavy atom. The molecule has 1 spiro atoms. The molecule has 0 fully saturated rings. The first-order valence-electron chi connectivity index (χ1n) is 8.21. The largest absolute Gasteiger partial charge is 0.361 e. The SMILES string of the molecule is CN1CCC2=C1NC1=C(CCN1C)C21C(=O)Nc2ccccc21. The van der Waals surface area contributed by atoms with E-state index in [-0.39, 0.29) is 5.91 Å². The first kappa shape index (κ1) is 13.0. The average molecular weight is 308 g/mol. The third kappa shape index (κ3) is 1.36. The third-order valence-corrected chi connectivity index (χ3v) is 5.79. The Morgan fingerprint density at radius 2 is 1.57 bits per heavy atom. The van der Waals surface area contributed by atoms with E-state index in [2.05, 4.69) is 40.6 Å². The van der Waals surface area contributed by atoms with Crippen LogP contribution in [-0.2, 0) is 10.2 Å². The molecule has 0 radical (unpaired) electrons. The summed E-state index contributed by atoms with van der Waals surface area (Å²) in [5, 5.41) is 6.75. The number of nitrogens with zero attached hydrogens (tertiary/aromatic N) is 2. The minimum Gasteiger partial charge on any atom is -0.361 e. The predicted octanol–water partition coefficient (Wildman–Crippen LogP) is 1.57. The van der Waals surface area contributed by atoms with Gasteiger partial charge < -0.3 is 20.4 Å². The van der Waals surface area contributed by atoms with Crippen LogP contribution in [0.5, 0.6) is 0 Å². The Labute approximate surface area is 135 Å². The van der Waals surface area contributed by atoms with Crippen molar-refractivity contribution in [1.29, 1.82) is 0 Å². The lowest BCUT2D eigenvalue weighted by Gasteiger charge is -2.37. The second kappa shape index (κ2) is 4.10. The molecule has 0 bridgehead atoms. The van der Waals surface area contributed by atoms with Crippen molar-refractivity contribution in [2.75, 3.05) is 32.5 Å². The molecule has 5 heteroatoms. The van der Waals surface area contributed by atoms with Gasteiger partial charge in [0.1, 0.15) is 17.1 Å². The summed E-state index contributed by atoms with van der Waals surface area (Å²) in [6.45, 7) is 1.91. The van der Waals surface area contributed by atoms with Gasteiger partial charge in [-0.2, -0.15) is 0 Å². The van der Waals surface area contributed by atoms with Gasteiger partial charge in [0, 0.05) is 32.9 Å². The summed E-state index contributed by atoms with van der Waals surface area (Å²) in [6.07, 6.45) is 1.86. The standard InChI is InChI=1S/C18H20N4O/c1-21-9-7-12-15(21)20-16-13(8-10-22(16)2)18(12)11-5-3-4-6-14(11)19-17(18)23/h3-6,20H,7-10H2,1-2H3,(H,19,23). The molecule has 4 heterocycles. The highest BCUT2D eigenvalue weighted by Crippen LogP contribution is 2.55. The number of amides is 1. The van der Waals surface area contributed by atoms with Crippen molar-refractivity contribution in [3.05, 3.63) is 52.6 Å². The van der Waals surface area contributed by atoms with Crippen LogP contribution in [0.1, 0.15) is 18.4 Å². The molecule has 1 amide bonds. The number of benzene rings is 1. The number of anilines is 1. The molecule has 0 saturated carbocycles. The van der Waals surface area contributed by atoms with Gasteiger partial charge in [0.15, 0.2) is 0 Å². The number of hydrogen-bond acceptors (Lipinski definition) is 4. The second-order valence-corrected chi connectivity index (χ2v) is 6.87. The van der Waals surface area contributed by atoms with E-state index in [1.807, 2.05) is 18.2 Å². The molecular formula is C18H20N4O. The summed E-state index contributed by atoms with van der Waals surface area (Å²) >= 11 is 0. The number of para-hydroxylation sites is 1. The van der Waals surface area contributed by atoms with Gasteiger partial charge in [-0.25, -0.2) is 0 Å². The Hall–Kier alpha value is -2.43. The van der Waals surface area contributed by atoms with E-state index in [0.29, 0.717) is 0 Å². The maximum atomic E-state index is 13.3. The summed E-state index contributed by atoms with van der Waals surface area (Å²) in [5.41, 5.74) is 3.94. The number of nitrogens with one attached hydrogen (secondary N) is 2. The van der Waals surface area contributed by atoms with Crippen LogP contribution in [-0.4, -0.2) is 42.9 Å². The van der Waals surface area contributed by atoms with Crippen molar-refractivity contribution in [2.45, 2.75) is 18.3 Å². The van der Waals surface area contributed by atoms with Crippen molar-refractivity contribution < 1.29 is 4.79 Å². The molecule has 4 aliphatic heterocycles. The highest BCUT2D eigenvalue weighted by molar-refractivity contribution is 6.11. The van der Waals surface area contributed by atoms with Crippen molar-refractivity contribution in [3.63, 3.8) is 0 Å². The monoisotopic (exact) mass is 308 g/mol. The van der Waals surface area contributed by atoms with Crippen LogP contribution in [0.4, 0.5) is 5.69 Å². The Balaban J connectivity index is 1.85. The minimum atomic E-state index is -0.609. The van der Waals surface area contributed by atoms with Gasteiger partial charge in [0.2, 0.25) is 5.91 Å². The van der Waals surface area contributed by atoms with Crippen molar-refractivity contribution >= 4 is 11.6 Å². The van der Waals surface area contributed by atoms with Crippen LogP contribution in [0, 0.1) is 0 Å². The molecule has 0 aliphatic carbocycles. The predicted molar refractivity (Wildman–Crippen MR) is 88.4 cm³/mol. The topological polar surface area (TPSA) is 47.6 Å². The lowest BCUT2D eigenvalue weighted by atomic mass is 9.67. The zero-order valence-electron chi connectivity index (χ0n) is 13.4. The molecule has 0 saturated heterocycles. The Kier molecular flexibility index (Phi) is 2.33. The molecule has 1 aromatic carbocycles. The van der Waals surface area contributed by atoms with Gasteiger partial charge in [0.25, 0.3) is 0 Å². The lowest BCUT2D eigenvalue weighted by Crippen LogP contribution is -2.45. The van der Waals surface area contributed by atoms with Crippen LogP contribution in [0.3, 0.4) is 0 Å². The summed E-state index contributed by atoms with van der Waals surface area (Å²) in [6, 6.07) is 8.16. The van der Waals surface area contributed by atoms with E-state index in [4.69, 9.17) is 0 Å². The molecule has 5 nitrogen and oxygen atoms in total. The van der Waals surface area contributed by atoms with E-state index < -0.39 is 5.41 Å². The van der Waals surface area contributed by atoms with E-state index in [9.17, 15) is 4.79 Å². The maximum absolute atomic E-state index is 13.3. The molecular weight excluding hydrogens is 288 g/mol. The van der Waals surface area contributed by atoms with Crippen LogP contribution in [0.25, 0.3) is 0 Å². The molecule has 118 valence electrons. The van der Waals surface area contributed by atoms with E-state index >= 15 is 0 Å². The van der Waals surface area contributed by atoms with Crippen LogP contribution < -0.4 is 10.6 Å². The van der Waals surface area contributed by atoms with E-state index in [1.165, 1.54) is 11.1 Å². The van der Waals surface area contributed by atoms with Gasteiger partial charge in [0.05, 0.1) is 0 Å². The summed E-state index contributed by atoms with van der Waals surface area (Å²) in [7, 11) is 4.20. The lowest BCUT2D eigenvalue weighted by molar-refractivity contribution is -0.118. The molecule has 0 unspecified atom stereocenters. The summed E-state index contributed by atoms with van der Waals surface area (Å²) in [5.74, 6) is 2.35. The van der Waals surface area contributed by atoms with Crippen LogP contribution in [0.2, 0.25) is 0 Å². The quantitative estimate of drug-likeness (QED) is 0.764. The van der Waals surface area contributed by atoms with Gasteiger partial charge in [-0.3, -0.25) is 4.79 Å². The molecule has 2 N–H and O–H groups in total. The summed E-state index contributed by atoms with van der Waals surface area (Å²) in [4.78, 5) is 17.7. The van der Waals surface area contributed by atoms with Crippen molar-refractivity contribution in [2.24, 2.45) is 0 Å². The number of carbonyl (C=O) groups is 1. The van der Waals surface area contributed by atoms with Gasteiger partial charge in [-0.15, -0.1) is 0 Å². The fourth-order valence-corrected chi connectivity index (χ4v) is 4.70. The average Bonchev–Trinajstić information content (AvgIpc) is 3.18. The normalized spacial score (nSPS) is 24.0. The van der Waals surface area contributed by atoms with Gasteiger partial charge in [-0.1, -0.05) is 18.2 Å². The number of fused-ring (bicyclic) bond motifs is 4. The summed E-state index contributed by atoms with van der Waals surface area (Å²) < 4.78 is 0. The van der Waals surface area contributed by atoms with Crippen molar-refractivity contribution in [1.82, 2.24) is 15.1 Å². The molecule has 23 heavy (non-hydrogen) atoms. The van der Waals surface area contributed by atoms with E-state index in [0.717, 1.165) is 48.8 Å². The fraction of sp³-hybridized carbons (Fsp3) is 0.389. The van der Waals surface area contributed by atoms with E-state index in [1.54, 1.807) is 0 Å². The molecule has 0 aromatic heterocycles. The molecule has 5 rings (SSSR count). The number of rotatable bonds is 0. The minimum absolute atomic E-state index is 0.116. The number of carbonyl (C=O) groups excluding carboxylic acids is 1. The first-order chi connectivity index (χ1) is 11.1. The highest BCUT2D eigenvalue weighted by Gasteiger charge is 2.58. The fourth-order valence-electron chi connectivity index (χ4n) is 4.70. The Morgan fingerprint density at radius 1 is 0.957 bits per heavy atom. The zero-order valence-corrected chi connectivity index (χ0v) is 13.4. The van der Waals surface area contributed by atoms with Crippen LogP contribution >= 0.6 is 0 Å². The highest BCUT2D eigenvalue weighted by atomic mass is 16.2. The third-order valence-electron chi connectivity index (χ3n) is 5.79. The molecule has 4 aliphatic rings. The van der Waals surface area contributed by atoms with Crippen LogP contribution in [0.15, 0.2) is 47.1 Å². The second-order valence-electron chi connectivity index (χ2n) is 6.87. The zero-order chi connectivity index (χ0) is 15.8. The smallest absolute Gasteiger partial charge is 0.243 e. The number of dihydropyridines is 1. The van der Waals surface area contributed by atoms with Gasteiger partial charge >= 0.3 is 0 Å². The Bertz CT molecular complexity index is 773. The first-order valence-corrected chi connectivity index (χ1v) is 8.21. The van der Waals surface area contributed by atoms with Gasteiger partial charge in [-0.05, 0) is 35.6 Å².